The molecule has 0 radical (unpaired) electrons. The van der Waals surface area contributed by atoms with Crippen molar-refractivity contribution in [2.75, 3.05) is 20.1 Å². The first-order valence-electron chi connectivity index (χ1n) is 13.8. The van der Waals surface area contributed by atoms with Crippen LogP contribution in [0.2, 0.25) is 0 Å². The van der Waals surface area contributed by atoms with Gasteiger partial charge in [0.05, 0.1) is 24.0 Å². The summed E-state index contributed by atoms with van der Waals surface area (Å²) in [6.45, 7) is 8.21. The summed E-state index contributed by atoms with van der Waals surface area (Å²) in [5.74, 6) is -0.299. The fraction of sp³-hybridized carbons (Fsp3) is 0.704. The minimum absolute atomic E-state index is 0.0158. The van der Waals surface area contributed by atoms with Crippen LogP contribution in [-0.2, 0) is 21.4 Å². The molecule has 12 heteroatoms. The van der Waals surface area contributed by atoms with Crippen molar-refractivity contribution in [1.29, 1.82) is 0 Å². The molecule has 2 N–H and O–H groups in total. The first-order valence-corrected chi connectivity index (χ1v) is 13.8. The Balaban J connectivity index is 1.31. The number of aryl methyl sites for hydroxylation is 1. The summed E-state index contributed by atoms with van der Waals surface area (Å²) in [6.07, 6.45) is 5.47. The number of aliphatic hydroxyl groups excluding tert-OH is 1. The van der Waals surface area contributed by atoms with Crippen LogP contribution in [0.5, 0.6) is 0 Å². The molecule has 4 heterocycles. The quantitative estimate of drug-likeness (QED) is 0.536. The van der Waals surface area contributed by atoms with E-state index in [4.69, 9.17) is 0 Å². The van der Waals surface area contributed by atoms with E-state index in [1.807, 2.05) is 40.9 Å². The summed E-state index contributed by atoms with van der Waals surface area (Å²) in [5, 5.41) is 26.4. The van der Waals surface area contributed by atoms with E-state index in [1.165, 1.54) is 4.90 Å². The van der Waals surface area contributed by atoms with Crippen molar-refractivity contribution < 1.29 is 19.5 Å². The van der Waals surface area contributed by atoms with E-state index in [9.17, 15) is 19.5 Å². The SMILES string of the molecule is Cc1c([C@@H]2[C@@H](CNC(=O)[C@@H]3C[C@@H](O)CN3C(=O)[C@@H](n3cc(C4CC4)nn3)C(C)(C)C)CC(=O)N2C)cnn1C. The zero-order valence-corrected chi connectivity index (χ0v) is 23.7. The van der Waals surface area contributed by atoms with Crippen molar-refractivity contribution in [2.45, 2.75) is 83.5 Å². The number of aliphatic hydroxyl groups is 1. The summed E-state index contributed by atoms with van der Waals surface area (Å²) in [7, 11) is 3.64. The molecule has 2 saturated heterocycles. The average molecular weight is 541 g/mol. The molecular weight excluding hydrogens is 500 g/mol. The molecule has 1 saturated carbocycles. The Hall–Kier alpha value is -3.28. The number of β-amino-alcohol motifs (C(OH)–C–C–N with tert-alkyl or cyclic N) is 1. The summed E-state index contributed by atoms with van der Waals surface area (Å²) in [5.41, 5.74) is 2.33. The second kappa shape index (κ2) is 10.0. The monoisotopic (exact) mass is 540 g/mol. The molecule has 212 valence electrons. The molecule has 39 heavy (non-hydrogen) atoms. The van der Waals surface area contributed by atoms with Crippen molar-refractivity contribution in [3.8, 4) is 0 Å². The lowest BCUT2D eigenvalue weighted by Gasteiger charge is -2.34. The van der Waals surface area contributed by atoms with Gasteiger partial charge in [-0.2, -0.15) is 5.10 Å². The topological polar surface area (TPSA) is 138 Å². The van der Waals surface area contributed by atoms with Gasteiger partial charge in [0.25, 0.3) is 0 Å². The maximum atomic E-state index is 14.0. The maximum absolute atomic E-state index is 14.0. The Labute approximate surface area is 228 Å². The van der Waals surface area contributed by atoms with Gasteiger partial charge in [-0.05, 0) is 25.2 Å². The fourth-order valence-corrected chi connectivity index (χ4v) is 6.08. The first-order chi connectivity index (χ1) is 18.4. The van der Waals surface area contributed by atoms with Crippen LogP contribution in [0.3, 0.4) is 0 Å². The van der Waals surface area contributed by atoms with E-state index in [1.54, 1.807) is 27.5 Å². The van der Waals surface area contributed by atoms with Crippen LogP contribution in [0.4, 0.5) is 0 Å². The Morgan fingerprint density at radius 3 is 2.56 bits per heavy atom. The minimum atomic E-state index is -0.808. The van der Waals surface area contributed by atoms with Crippen LogP contribution < -0.4 is 5.32 Å². The highest BCUT2D eigenvalue weighted by molar-refractivity contribution is 5.90. The summed E-state index contributed by atoms with van der Waals surface area (Å²) >= 11 is 0. The van der Waals surface area contributed by atoms with Crippen molar-refractivity contribution >= 4 is 17.7 Å². The molecule has 2 aromatic heterocycles. The van der Waals surface area contributed by atoms with Gasteiger partial charge in [0, 0.05) is 69.3 Å². The van der Waals surface area contributed by atoms with E-state index >= 15 is 0 Å². The van der Waals surface area contributed by atoms with Crippen LogP contribution in [-0.4, -0.2) is 89.7 Å². The number of carbonyl (C=O) groups excluding carboxylic acids is 3. The van der Waals surface area contributed by atoms with Crippen molar-refractivity contribution in [3.63, 3.8) is 0 Å². The van der Waals surface area contributed by atoms with E-state index in [-0.39, 0.29) is 49.2 Å². The molecule has 5 rings (SSSR count). The second-order valence-corrected chi connectivity index (χ2v) is 12.5. The number of carbonyl (C=O) groups is 3. The molecule has 0 spiro atoms. The lowest BCUT2D eigenvalue weighted by atomic mass is 9.85. The van der Waals surface area contributed by atoms with Gasteiger partial charge in [-0.1, -0.05) is 26.0 Å². The number of nitrogens with zero attached hydrogens (tertiary/aromatic N) is 7. The highest BCUT2D eigenvalue weighted by Crippen LogP contribution is 2.41. The van der Waals surface area contributed by atoms with E-state index in [0.717, 1.165) is 29.8 Å². The lowest BCUT2D eigenvalue weighted by Crippen LogP contribution is -2.51. The van der Waals surface area contributed by atoms with Gasteiger partial charge in [-0.25, -0.2) is 4.68 Å². The standard InChI is InChI=1S/C27H40N8O4/c1-15-19(12-29-33(15)6)23-17(9-22(37)32(23)5)11-28-25(38)21-10-18(36)13-34(21)26(39)24(27(2,3)4)35-14-20(30-31-35)16-7-8-16/h12,14,16-18,21,23-24,36H,7-11,13H2,1-6H3,(H,28,38)/t17-,18-,21+,23+,24-/m1/s1. The highest BCUT2D eigenvalue weighted by Gasteiger charge is 2.46. The molecule has 1 aliphatic carbocycles. The number of hydrogen-bond acceptors (Lipinski definition) is 7. The Morgan fingerprint density at radius 1 is 1.23 bits per heavy atom. The second-order valence-electron chi connectivity index (χ2n) is 12.5. The largest absolute Gasteiger partial charge is 0.391 e. The van der Waals surface area contributed by atoms with E-state index in [2.05, 4.69) is 20.7 Å². The Kier molecular flexibility index (Phi) is 7.02. The van der Waals surface area contributed by atoms with Gasteiger partial charge in [-0.15, -0.1) is 5.10 Å². The molecule has 0 bridgehead atoms. The summed E-state index contributed by atoms with van der Waals surface area (Å²) in [6, 6.07) is -1.68. The molecule has 0 aromatic carbocycles. The maximum Gasteiger partial charge on any atom is 0.248 e. The third kappa shape index (κ3) is 5.18. The zero-order chi connectivity index (χ0) is 28.2. The van der Waals surface area contributed by atoms with Crippen LogP contribution in [0.25, 0.3) is 0 Å². The highest BCUT2D eigenvalue weighted by atomic mass is 16.3. The number of nitrogens with one attached hydrogen (secondary N) is 1. The van der Waals surface area contributed by atoms with E-state index in [0.29, 0.717) is 12.3 Å². The van der Waals surface area contributed by atoms with Crippen LogP contribution >= 0.6 is 0 Å². The minimum Gasteiger partial charge on any atom is -0.391 e. The lowest BCUT2D eigenvalue weighted by molar-refractivity contribution is -0.144. The van der Waals surface area contributed by atoms with Gasteiger partial charge in [0.2, 0.25) is 17.7 Å². The molecule has 5 atom stereocenters. The number of amides is 3. The number of likely N-dealkylation sites (tertiary alicyclic amines) is 2. The Morgan fingerprint density at radius 2 is 1.95 bits per heavy atom. The van der Waals surface area contributed by atoms with Gasteiger partial charge >= 0.3 is 0 Å². The van der Waals surface area contributed by atoms with Crippen LogP contribution in [0.15, 0.2) is 12.4 Å². The number of aromatic nitrogens is 5. The van der Waals surface area contributed by atoms with Gasteiger partial charge in [-0.3, -0.25) is 19.1 Å². The molecule has 3 fully saturated rings. The van der Waals surface area contributed by atoms with Crippen molar-refractivity contribution in [2.24, 2.45) is 18.4 Å². The normalized spacial score (nSPS) is 26.4. The van der Waals surface area contributed by atoms with Crippen molar-refractivity contribution in [1.82, 2.24) is 39.9 Å². The smallest absolute Gasteiger partial charge is 0.248 e. The molecular formula is C27H40N8O4. The Bertz CT molecular complexity index is 1260. The molecule has 12 nitrogen and oxygen atoms in total. The van der Waals surface area contributed by atoms with Crippen molar-refractivity contribution in [3.05, 3.63) is 29.3 Å². The third-order valence-electron chi connectivity index (χ3n) is 8.53. The first kappa shape index (κ1) is 27.3. The fourth-order valence-electron chi connectivity index (χ4n) is 6.08. The van der Waals surface area contributed by atoms with Crippen LogP contribution in [0.1, 0.15) is 81.4 Å². The van der Waals surface area contributed by atoms with Gasteiger partial charge in [0.1, 0.15) is 12.1 Å². The molecule has 3 amide bonds. The molecule has 0 unspecified atom stereocenters. The average Bonchev–Trinajstić information content (AvgIpc) is 3.17. The van der Waals surface area contributed by atoms with E-state index < -0.39 is 23.6 Å². The predicted molar refractivity (Wildman–Crippen MR) is 141 cm³/mol. The zero-order valence-electron chi connectivity index (χ0n) is 23.7. The number of hydrogen-bond donors (Lipinski definition) is 2. The number of rotatable bonds is 7. The molecule has 3 aliphatic rings. The summed E-state index contributed by atoms with van der Waals surface area (Å²) < 4.78 is 3.40. The van der Waals surface area contributed by atoms with Gasteiger partial charge < -0.3 is 20.2 Å². The molecule has 2 aliphatic heterocycles. The summed E-state index contributed by atoms with van der Waals surface area (Å²) in [4.78, 5) is 43.3. The predicted octanol–water partition coefficient (Wildman–Crippen LogP) is 1.08. The van der Waals surface area contributed by atoms with Gasteiger partial charge in [0.15, 0.2) is 0 Å². The third-order valence-corrected chi connectivity index (χ3v) is 8.53. The van der Waals surface area contributed by atoms with Crippen LogP contribution in [0, 0.1) is 18.3 Å². The molecule has 2 aromatic rings.